The van der Waals surface area contributed by atoms with Gasteiger partial charge in [0.15, 0.2) is 5.75 Å². The van der Waals surface area contributed by atoms with E-state index in [4.69, 9.17) is 10.5 Å². The van der Waals surface area contributed by atoms with Crippen LogP contribution in [0.4, 0.5) is 22.7 Å². The number of nitrogens with one attached hydrogen (secondary N) is 2. The highest BCUT2D eigenvalue weighted by atomic mass is 16.6. The number of ether oxygens (including phenoxy) is 1. The molecule has 1 unspecified atom stereocenters. The Balaban J connectivity index is 1.71. The molecule has 9 heteroatoms. The van der Waals surface area contributed by atoms with Gasteiger partial charge in [0.05, 0.1) is 40.6 Å². The third kappa shape index (κ3) is 4.79. The molecule has 9 nitrogen and oxygen atoms in total. The number of rotatable bonds is 7. The zero-order chi connectivity index (χ0) is 25.3. The van der Waals surface area contributed by atoms with E-state index in [1.807, 2.05) is 32.0 Å². The minimum absolute atomic E-state index is 0.125. The second kappa shape index (κ2) is 9.46. The number of nitro groups is 1. The van der Waals surface area contributed by atoms with Crippen molar-refractivity contribution >= 4 is 34.6 Å². The molecule has 4 rings (SSSR count). The molecule has 0 radical (unpaired) electrons. The van der Waals surface area contributed by atoms with Gasteiger partial charge in [-0.15, -0.1) is 0 Å². The highest BCUT2D eigenvalue weighted by molar-refractivity contribution is 6.12. The van der Waals surface area contributed by atoms with Gasteiger partial charge in [0.25, 0.3) is 5.91 Å². The summed E-state index contributed by atoms with van der Waals surface area (Å²) in [6.07, 6.45) is 0.609. The van der Waals surface area contributed by atoms with E-state index >= 15 is 0 Å². The molecule has 2 amide bonds. The molecule has 1 heterocycles. The van der Waals surface area contributed by atoms with Crippen molar-refractivity contribution in [3.63, 3.8) is 0 Å². The number of methoxy groups -OCH3 is 1. The number of fused-ring (bicyclic) bond motifs is 2. The molecule has 0 saturated carbocycles. The monoisotopic (exact) mass is 474 g/mol. The van der Waals surface area contributed by atoms with E-state index < -0.39 is 16.7 Å². The van der Waals surface area contributed by atoms with Gasteiger partial charge in [-0.2, -0.15) is 0 Å². The average molecular weight is 475 g/mol. The molecule has 1 aliphatic rings. The SMILES string of the molecule is COc1cc(-c2ccc3c(c2)Nc2ccc(C(CC(C)C)C(N)=O)cc2NC3=O)ccc1[N+](=O)[O-]. The van der Waals surface area contributed by atoms with Crippen molar-refractivity contribution in [1.29, 1.82) is 0 Å². The fraction of sp³-hybridized carbons (Fsp3) is 0.231. The van der Waals surface area contributed by atoms with Crippen LogP contribution in [0, 0.1) is 16.0 Å². The molecule has 180 valence electrons. The van der Waals surface area contributed by atoms with Gasteiger partial charge < -0.3 is 21.1 Å². The number of carbonyl (C=O) groups is 2. The standard InChI is InChI=1S/C26H26N4O5/c1-14(2)10-19(25(27)31)17-5-8-20-22(12-17)29-26(32)18-7-4-15(11-21(18)28-20)16-6-9-23(30(33)34)24(13-16)35-3/h4-9,11-14,19,28H,10H2,1-3H3,(H2,27,31)(H,29,32). The normalized spacial score (nSPS) is 13.1. The molecule has 1 atom stereocenters. The van der Waals surface area contributed by atoms with Crippen LogP contribution in [-0.2, 0) is 4.79 Å². The maximum atomic E-state index is 13.0. The second-order valence-corrected chi connectivity index (χ2v) is 8.87. The number of nitro benzene ring substituents is 1. The molecular formula is C26H26N4O5. The Bertz CT molecular complexity index is 1340. The van der Waals surface area contributed by atoms with Crippen LogP contribution in [0.2, 0.25) is 0 Å². The van der Waals surface area contributed by atoms with Crippen molar-refractivity contribution in [2.45, 2.75) is 26.2 Å². The predicted octanol–water partition coefficient (Wildman–Crippen LogP) is 5.19. The zero-order valence-corrected chi connectivity index (χ0v) is 19.6. The minimum Gasteiger partial charge on any atom is -0.490 e. The second-order valence-electron chi connectivity index (χ2n) is 8.87. The Hall–Kier alpha value is -4.40. The van der Waals surface area contributed by atoms with E-state index in [1.54, 1.807) is 30.3 Å². The van der Waals surface area contributed by atoms with Gasteiger partial charge >= 0.3 is 5.69 Å². The van der Waals surface area contributed by atoms with Crippen LogP contribution in [0.25, 0.3) is 11.1 Å². The Morgan fingerprint density at radius 3 is 2.37 bits per heavy atom. The number of hydrogen-bond acceptors (Lipinski definition) is 6. The fourth-order valence-electron chi connectivity index (χ4n) is 4.25. The highest BCUT2D eigenvalue weighted by Crippen LogP contribution is 2.38. The number of hydrogen-bond donors (Lipinski definition) is 3. The van der Waals surface area contributed by atoms with Gasteiger partial charge in [-0.25, -0.2) is 0 Å². The number of primary amides is 1. The first-order valence-corrected chi connectivity index (χ1v) is 11.2. The van der Waals surface area contributed by atoms with Gasteiger partial charge in [-0.3, -0.25) is 19.7 Å². The van der Waals surface area contributed by atoms with E-state index in [1.165, 1.54) is 13.2 Å². The van der Waals surface area contributed by atoms with Crippen molar-refractivity contribution in [3.05, 3.63) is 75.8 Å². The number of carbonyl (C=O) groups excluding carboxylic acids is 2. The average Bonchev–Trinajstić information content (AvgIpc) is 2.96. The molecule has 0 aromatic heterocycles. The van der Waals surface area contributed by atoms with Gasteiger partial charge in [0.2, 0.25) is 5.91 Å². The molecular weight excluding hydrogens is 448 g/mol. The molecule has 35 heavy (non-hydrogen) atoms. The number of nitrogens with zero attached hydrogens (tertiary/aromatic N) is 1. The summed E-state index contributed by atoms with van der Waals surface area (Å²) >= 11 is 0. The summed E-state index contributed by atoms with van der Waals surface area (Å²) in [5.74, 6) is -0.726. The van der Waals surface area contributed by atoms with Crippen LogP contribution < -0.4 is 21.1 Å². The Morgan fingerprint density at radius 1 is 1.00 bits per heavy atom. The first-order valence-electron chi connectivity index (χ1n) is 11.2. The Morgan fingerprint density at radius 2 is 1.71 bits per heavy atom. The molecule has 0 saturated heterocycles. The van der Waals surface area contributed by atoms with Crippen LogP contribution in [0.3, 0.4) is 0 Å². The third-order valence-corrected chi connectivity index (χ3v) is 5.99. The zero-order valence-electron chi connectivity index (χ0n) is 19.6. The first-order chi connectivity index (χ1) is 16.7. The van der Waals surface area contributed by atoms with Crippen molar-refractivity contribution < 1.29 is 19.2 Å². The van der Waals surface area contributed by atoms with E-state index in [2.05, 4.69) is 10.6 Å². The lowest BCUT2D eigenvalue weighted by molar-refractivity contribution is -0.385. The van der Waals surface area contributed by atoms with Crippen molar-refractivity contribution in [1.82, 2.24) is 0 Å². The summed E-state index contributed by atoms with van der Waals surface area (Å²) < 4.78 is 5.18. The molecule has 0 spiro atoms. The summed E-state index contributed by atoms with van der Waals surface area (Å²) in [5, 5.41) is 17.4. The van der Waals surface area contributed by atoms with Crippen molar-refractivity contribution in [2.75, 3.05) is 17.7 Å². The topological polar surface area (TPSA) is 137 Å². The van der Waals surface area contributed by atoms with Crippen molar-refractivity contribution in [3.8, 4) is 16.9 Å². The molecule has 3 aromatic rings. The summed E-state index contributed by atoms with van der Waals surface area (Å²) in [4.78, 5) is 35.8. The summed E-state index contributed by atoms with van der Waals surface area (Å²) in [7, 11) is 1.38. The predicted molar refractivity (Wildman–Crippen MR) is 134 cm³/mol. The minimum atomic E-state index is -0.499. The van der Waals surface area contributed by atoms with Gasteiger partial charge in [-0.1, -0.05) is 26.0 Å². The fourth-order valence-corrected chi connectivity index (χ4v) is 4.25. The summed E-state index contributed by atoms with van der Waals surface area (Å²) in [6.45, 7) is 4.05. The van der Waals surface area contributed by atoms with E-state index in [9.17, 15) is 19.7 Å². The van der Waals surface area contributed by atoms with Crippen molar-refractivity contribution in [2.24, 2.45) is 11.7 Å². The van der Waals surface area contributed by atoms with Gasteiger partial charge in [-0.05, 0) is 65.4 Å². The van der Waals surface area contributed by atoms with Crippen LogP contribution in [-0.4, -0.2) is 23.8 Å². The quantitative estimate of drug-likeness (QED) is 0.318. The third-order valence-electron chi connectivity index (χ3n) is 5.99. The van der Waals surface area contributed by atoms with Gasteiger partial charge in [0.1, 0.15) is 0 Å². The molecule has 0 aliphatic carbocycles. The van der Waals surface area contributed by atoms with E-state index in [0.717, 1.165) is 11.1 Å². The highest BCUT2D eigenvalue weighted by Gasteiger charge is 2.24. The summed E-state index contributed by atoms with van der Waals surface area (Å²) in [5.41, 5.74) is 9.98. The molecule has 3 aromatic carbocycles. The maximum absolute atomic E-state index is 13.0. The number of anilines is 3. The summed E-state index contributed by atoms with van der Waals surface area (Å²) in [6, 6.07) is 15.3. The lowest BCUT2D eigenvalue weighted by atomic mass is 9.89. The number of amides is 2. The van der Waals surface area contributed by atoms with Crippen LogP contribution in [0.1, 0.15) is 42.1 Å². The number of benzene rings is 3. The van der Waals surface area contributed by atoms with E-state index in [-0.39, 0.29) is 23.3 Å². The van der Waals surface area contributed by atoms with Crippen LogP contribution >= 0.6 is 0 Å². The van der Waals surface area contributed by atoms with Crippen LogP contribution in [0.5, 0.6) is 5.75 Å². The molecule has 1 aliphatic heterocycles. The number of nitrogens with two attached hydrogens (primary N) is 1. The Kier molecular flexibility index (Phi) is 6.42. The largest absolute Gasteiger partial charge is 0.490 e. The smallest absolute Gasteiger partial charge is 0.310 e. The Labute approximate surface area is 202 Å². The first kappa shape index (κ1) is 23.7. The lowest BCUT2D eigenvalue weighted by Gasteiger charge is -2.18. The van der Waals surface area contributed by atoms with E-state index in [0.29, 0.717) is 34.6 Å². The van der Waals surface area contributed by atoms with Crippen LogP contribution in [0.15, 0.2) is 54.6 Å². The lowest BCUT2D eigenvalue weighted by Crippen LogP contribution is -2.23. The maximum Gasteiger partial charge on any atom is 0.310 e. The molecule has 4 N–H and O–H groups in total. The molecule has 0 fully saturated rings. The van der Waals surface area contributed by atoms with Gasteiger partial charge in [0, 0.05) is 6.07 Å². The molecule has 0 bridgehead atoms.